The summed E-state index contributed by atoms with van der Waals surface area (Å²) >= 11 is 8.58. The molecule has 1 aromatic rings. The van der Waals surface area contributed by atoms with Gasteiger partial charge in [-0.3, -0.25) is 4.79 Å². The maximum Gasteiger partial charge on any atom is 0.264 e. The van der Waals surface area contributed by atoms with Crippen molar-refractivity contribution < 1.29 is 13.6 Å². The Morgan fingerprint density at radius 1 is 1.44 bits per heavy atom. The minimum Gasteiger partial charge on any atom is -0.294 e. The third-order valence-electron chi connectivity index (χ3n) is 2.17. The highest BCUT2D eigenvalue weighted by Crippen LogP contribution is 2.26. The van der Waals surface area contributed by atoms with Crippen LogP contribution in [-0.2, 0) is 5.33 Å². The van der Waals surface area contributed by atoms with Gasteiger partial charge in [0.25, 0.3) is 6.43 Å². The SMILES string of the molecule is O=C(CCCl)c1ccc(C(F)F)c(CBr)c1. The fraction of sp³-hybridized carbons (Fsp3) is 0.364. The van der Waals surface area contributed by atoms with Crippen molar-refractivity contribution in [2.75, 3.05) is 5.88 Å². The molecule has 0 unspecified atom stereocenters. The number of ketones is 1. The van der Waals surface area contributed by atoms with Crippen molar-refractivity contribution in [3.63, 3.8) is 0 Å². The summed E-state index contributed by atoms with van der Waals surface area (Å²) in [7, 11) is 0. The first-order valence-corrected chi connectivity index (χ1v) is 6.31. The minimum absolute atomic E-state index is 0.0423. The zero-order chi connectivity index (χ0) is 12.1. The molecular weight excluding hydrogens is 301 g/mol. The number of alkyl halides is 4. The van der Waals surface area contributed by atoms with E-state index in [2.05, 4.69) is 15.9 Å². The number of rotatable bonds is 5. The molecule has 0 aliphatic carbocycles. The lowest BCUT2D eigenvalue weighted by molar-refractivity contribution is 0.0988. The van der Waals surface area contributed by atoms with Gasteiger partial charge in [-0.25, -0.2) is 8.78 Å². The monoisotopic (exact) mass is 310 g/mol. The second-order valence-electron chi connectivity index (χ2n) is 3.21. The van der Waals surface area contributed by atoms with Gasteiger partial charge in [0.2, 0.25) is 0 Å². The lowest BCUT2D eigenvalue weighted by Gasteiger charge is -2.08. The Labute approximate surface area is 106 Å². The average Bonchev–Trinajstić information content (AvgIpc) is 2.28. The number of carbonyl (C=O) groups excluding carboxylic acids is 1. The maximum atomic E-state index is 12.6. The van der Waals surface area contributed by atoms with Crippen LogP contribution in [0.1, 0.15) is 34.3 Å². The van der Waals surface area contributed by atoms with Crippen LogP contribution in [0.3, 0.4) is 0 Å². The number of halogens is 4. The molecule has 5 heteroatoms. The molecular formula is C11H10BrClF2O. The van der Waals surface area contributed by atoms with Crippen LogP contribution < -0.4 is 0 Å². The first-order valence-electron chi connectivity index (χ1n) is 4.66. The second kappa shape index (κ2) is 6.30. The summed E-state index contributed by atoms with van der Waals surface area (Å²) in [5.41, 5.74) is 0.828. The fourth-order valence-electron chi connectivity index (χ4n) is 1.34. The molecule has 0 fully saturated rings. The average molecular weight is 312 g/mol. The molecule has 0 heterocycles. The first-order chi connectivity index (χ1) is 7.60. The van der Waals surface area contributed by atoms with Gasteiger partial charge >= 0.3 is 0 Å². The topological polar surface area (TPSA) is 17.1 Å². The van der Waals surface area contributed by atoms with Crippen LogP contribution in [0.4, 0.5) is 8.78 Å². The zero-order valence-corrected chi connectivity index (χ0v) is 10.7. The van der Waals surface area contributed by atoms with E-state index >= 15 is 0 Å². The molecule has 1 aromatic carbocycles. The van der Waals surface area contributed by atoms with Crippen LogP contribution in [0.15, 0.2) is 18.2 Å². The van der Waals surface area contributed by atoms with Gasteiger partial charge in [0, 0.05) is 28.8 Å². The summed E-state index contributed by atoms with van der Waals surface area (Å²) < 4.78 is 25.1. The normalized spacial score (nSPS) is 10.8. The molecule has 0 aliphatic rings. The van der Waals surface area contributed by atoms with Crippen molar-refractivity contribution in [2.24, 2.45) is 0 Å². The molecule has 16 heavy (non-hydrogen) atoms. The van der Waals surface area contributed by atoms with Crippen molar-refractivity contribution in [1.82, 2.24) is 0 Å². The molecule has 0 amide bonds. The Bertz CT molecular complexity index is 382. The van der Waals surface area contributed by atoms with E-state index in [1.54, 1.807) is 0 Å². The number of hydrogen-bond donors (Lipinski definition) is 0. The van der Waals surface area contributed by atoms with Crippen LogP contribution in [0.2, 0.25) is 0 Å². The van der Waals surface area contributed by atoms with Gasteiger partial charge in [-0.15, -0.1) is 11.6 Å². The number of Topliss-reactive ketones (excluding diaryl/α,β-unsaturated/α-hetero) is 1. The Morgan fingerprint density at radius 2 is 2.12 bits per heavy atom. The van der Waals surface area contributed by atoms with E-state index < -0.39 is 6.43 Å². The highest BCUT2D eigenvalue weighted by atomic mass is 79.9. The third kappa shape index (κ3) is 3.25. The van der Waals surface area contributed by atoms with E-state index in [9.17, 15) is 13.6 Å². The van der Waals surface area contributed by atoms with E-state index in [-0.39, 0.29) is 23.6 Å². The maximum absolute atomic E-state index is 12.6. The van der Waals surface area contributed by atoms with Crippen LogP contribution in [0, 0.1) is 0 Å². The Morgan fingerprint density at radius 3 is 2.62 bits per heavy atom. The molecule has 0 bridgehead atoms. The quantitative estimate of drug-likeness (QED) is 0.584. The Hall–Kier alpha value is -0.480. The number of carbonyl (C=O) groups is 1. The van der Waals surface area contributed by atoms with Gasteiger partial charge in [-0.1, -0.05) is 28.1 Å². The van der Waals surface area contributed by atoms with Gasteiger partial charge in [0.05, 0.1) is 0 Å². The summed E-state index contributed by atoms with van der Waals surface area (Å²) in [6, 6.07) is 4.20. The van der Waals surface area contributed by atoms with E-state index in [1.807, 2.05) is 0 Å². The lowest BCUT2D eigenvalue weighted by atomic mass is 10.0. The standard InChI is InChI=1S/C11H10BrClF2O/c12-6-8-5-7(10(16)3-4-13)1-2-9(8)11(14)15/h1-2,5,11H,3-4,6H2. The number of benzene rings is 1. The van der Waals surface area contributed by atoms with Crippen molar-refractivity contribution in [1.29, 1.82) is 0 Å². The van der Waals surface area contributed by atoms with Gasteiger partial charge in [-0.2, -0.15) is 0 Å². The highest BCUT2D eigenvalue weighted by Gasteiger charge is 2.14. The molecule has 1 rings (SSSR count). The van der Waals surface area contributed by atoms with Gasteiger partial charge in [0.1, 0.15) is 0 Å². The van der Waals surface area contributed by atoms with Crippen LogP contribution in [-0.4, -0.2) is 11.7 Å². The summed E-state index contributed by atoms with van der Waals surface area (Å²) in [6.07, 6.45) is -2.30. The van der Waals surface area contributed by atoms with E-state index in [4.69, 9.17) is 11.6 Å². The summed E-state index contributed by atoms with van der Waals surface area (Å²) in [6.45, 7) is 0. The smallest absolute Gasteiger partial charge is 0.264 e. The van der Waals surface area contributed by atoms with Crippen LogP contribution in [0.5, 0.6) is 0 Å². The predicted molar refractivity (Wildman–Crippen MR) is 63.7 cm³/mol. The van der Waals surface area contributed by atoms with Crippen molar-refractivity contribution in [3.8, 4) is 0 Å². The molecule has 0 spiro atoms. The molecule has 0 atom stereocenters. The fourth-order valence-corrected chi connectivity index (χ4v) is 2.00. The molecule has 88 valence electrons. The highest BCUT2D eigenvalue weighted by molar-refractivity contribution is 9.08. The minimum atomic E-state index is -2.52. The molecule has 0 aromatic heterocycles. The number of hydrogen-bond acceptors (Lipinski definition) is 1. The zero-order valence-electron chi connectivity index (χ0n) is 8.35. The van der Waals surface area contributed by atoms with Crippen molar-refractivity contribution >= 4 is 33.3 Å². The molecule has 0 aliphatic heterocycles. The molecule has 0 radical (unpaired) electrons. The largest absolute Gasteiger partial charge is 0.294 e. The van der Waals surface area contributed by atoms with E-state index in [1.165, 1.54) is 18.2 Å². The summed E-state index contributed by atoms with van der Waals surface area (Å²) in [5.74, 6) is 0.108. The second-order valence-corrected chi connectivity index (χ2v) is 4.15. The third-order valence-corrected chi connectivity index (χ3v) is 2.96. The summed E-state index contributed by atoms with van der Waals surface area (Å²) in [5, 5.41) is 0.300. The summed E-state index contributed by atoms with van der Waals surface area (Å²) in [4.78, 5) is 11.5. The van der Waals surface area contributed by atoms with Crippen molar-refractivity contribution in [3.05, 3.63) is 34.9 Å². The predicted octanol–water partition coefficient (Wildman–Crippen LogP) is 4.33. The van der Waals surface area contributed by atoms with Gasteiger partial charge in [-0.05, 0) is 11.6 Å². The van der Waals surface area contributed by atoms with Gasteiger partial charge in [0.15, 0.2) is 5.78 Å². The Kier molecular flexibility index (Phi) is 5.35. The lowest BCUT2D eigenvalue weighted by Crippen LogP contribution is -2.02. The van der Waals surface area contributed by atoms with E-state index in [0.29, 0.717) is 16.5 Å². The molecule has 0 N–H and O–H groups in total. The first kappa shape index (κ1) is 13.6. The Balaban J connectivity index is 3.04. The van der Waals surface area contributed by atoms with Gasteiger partial charge < -0.3 is 0 Å². The van der Waals surface area contributed by atoms with E-state index in [0.717, 1.165) is 0 Å². The van der Waals surface area contributed by atoms with Crippen molar-refractivity contribution in [2.45, 2.75) is 18.2 Å². The van der Waals surface area contributed by atoms with Crippen LogP contribution >= 0.6 is 27.5 Å². The molecule has 0 saturated carbocycles. The molecule has 1 nitrogen and oxygen atoms in total. The van der Waals surface area contributed by atoms with Crippen LogP contribution in [0.25, 0.3) is 0 Å². The molecule has 0 saturated heterocycles.